The number of hydrogen-bond acceptors (Lipinski definition) is 8. The van der Waals surface area contributed by atoms with Gasteiger partial charge < -0.3 is 5.32 Å². The Kier molecular flexibility index (Phi) is 6.76. The van der Waals surface area contributed by atoms with Crippen LogP contribution in [-0.4, -0.2) is 33.8 Å². The topological polar surface area (TPSA) is 88.1 Å². The van der Waals surface area contributed by atoms with E-state index >= 15 is 0 Å². The lowest BCUT2D eigenvalue weighted by Gasteiger charge is -2.12. The maximum atomic E-state index is 12.8. The molecule has 0 aromatic carbocycles. The third kappa shape index (κ3) is 4.71. The standard InChI is InChI=1S/C19H23N5O2S3/c1-6-13-21-10(3)15(28-13)17(25)20-8-12-9-27-19(23-12)24(5)18(26)16-11(4)22-14(7-2)29-16/h9H,6-8H2,1-5H3,(H,20,25). The molecule has 0 spiro atoms. The highest BCUT2D eigenvalue weighted by atomic mass is 32.1. The van der Waals surface area contributed by atoms with E-state index in [-0.39, 0.29) is 11.8 Å². The van der Waals surface area contributed by atoms with E-state index in [0.717, 1.165) is 34.2 Å². The number of carbonyl (C=O) groups is 2. The number of nitrogens with zero attached hydrogens (tertiary/aromatic N) is 4. The van der Waals surface area contributed by atoms with Crippen molar-refractivity contribution in [3.8, 4) is 0 Å². The van der Waals surface area contributed by atoms with E-state index in [2.05, 4.69) is 20.3 Å². The van der Waals surface area contributed by atoms with Crippen LogP contribution < -0.4 is 10.2 Å². The van der Waals surface area contributed by atoms with Gasteiger partial charge in [-0.25, -0.2) is 15.0 Å². The summed E-state index contributed by atoms with van der Waals surface area (Å²) >= 11 is 4.22. The zero-order valence-electron chi connectivity index (χ0n) is 17.0. The number of hydrogen-bond donors (Lipinski definition) is 1. The first-order valence-corrected chi connectivity index (χ1v) is 11.8. The summed E-state index contributed by atoms with van der Waals surface area (Å²) in [6.45, 7) is 8.04. The van der Waals surface area contributed by atoms with Gasteiger partial charge in [0, 0.05) is 12.4 Å². The van der Waals surface area contributed by atoms with E-state index in [9.17, 15) is 9.59 Å². The molecule has 154 valence electrons. The molecule has 0 fully saturated rings. The van der Waals surface area contributed by atoms with Crippen molar-refractivity contribution in [3.05, 3.63) is 42.2 Å². The third-order valence-corrected chi connectivity index (χ3v) is 7.80. The second kappa shape index (κ2) is 9.10. The van der Waals surface area contributed by atoms with Gasteiger partial charge in [-0.05, 0) is 26.7 Å². The third-order valence-electron chi connectivity index (χ3n) is 4.25. The number of nitrogens with one attached hydrogen (secondary N) is 1. The summed E-state index contributed by atoms with van der Waals surface area (Å²) < 4.78 is 0. The lowest BCUT2D eigenvalue weighted by Crippen LogP contribution is -2.26. The number of aromatic nitrogens is 3. The fraction of sp³-hybridized carbons (Fsp3) is 0.421. The number of thiazole rings is 3. The van der Waals surface area contributed by atoms with Gasteiger partial charge in [0.1, 0.15) is 9.75 Å². The Bertz CT molecular complexity index is 1040. The first kappa shape index (κ1) is 21.5. The first-order chi connectivity index (χ1) is 13.8. The predicted molar refractivity (Wildman–Crippen MR) is 118 cm³/mol. The second-order valence-electron chi connectivity index (χ2n) is 6.42. The van der Waals surface area contributed by atoms with Crippen molar-refractivity contribution < 1.29 is 9.59 Å². The van der Waals surface area contributed by atoms with Crippen LogP contribution in [0.15, 0.2) is 5.38 Å². The van der Waals surface area contributed by atoms with Gasteiger partial charge >= 0.3 is 0 Å². The predicted octanol–water partition coefficient (Wildman–Crippen LogP) is 4.00. The van der Waals surface area contributed by atoms with E-state index in [0.29, 0.717) is 27.1 Å². The van der Waals surface area contributed by atoms with Crippen molar-refractivity contribution >= 4 is 51.0 Å². The van der Waals surface area contributed by atoms with Crippen LogP contribution in [-0.2, 0) is 19.4 Å². The van der Waals surface area contributed by atoms with Crippen molar-refractivity contribution in [2.24, 2.45) is 0 Å². The van der Waals surface area contributed by atoms with E-state index in [1.165, 1.54) is 38.9 Å². The number of aryl methyl sites for hydroxylation is 4. The minimum Gasteiger partial charge on any atom is -0.346 e. The molecular weight excluding hydrogens is 426 g/mol. The highest BCUT2D eigenvalue weighted by Crippen LogP contribution is 2.25. The number of carbonyl (C=O) groups excluding carboxylic acids is 2. The normalized spacial score (nSPS) is 10.9. The van der Waals surface area contributed by atoms with Gasteiger partial charge in [-0.1, -0.05) is 13.8 Å². The zero-order chi connectivity index (χ0) is 21.1. The largest absolute Gasteiger partial charge is 0.346 e. The molecule has 29 heavy (non-hydrogen) atoms. The minimum atomic E-state index is -0.147. The van der Waals surface area contributed by atoms with Gasteiger partial charge in [0.25, 0.3) is 11.8 Å². The summed E-state index contributed by atoms with van der Waals surface area (Å²) in [5.74, 6) is -0.261. The molecule has 0 radical (unpaired) electrons. The first-order valence-electron chi connectivity index (χ1n) is 9.27. The fourth-order valence-corrected chi connectivity index (χ4v) is 5.33. The molecule has 0 aliphatic carbocycles. The van der Waals surface area contributed by atoms with Crippen LogP contribution in [0.25, 0.3) is 0 Å². The molecule has 10 heteroatoms. The van der Waals surface area contributed by atoms with Gasteiger partial charge in [0.2, 0.25) is 0 Å². The lowest BCUT2D eigenvalue weighted by atomic mass is 10.3. The van der Waals surface area contributed by atoms with Gasteiger partial charge in [0.15, 0.2) is 5.13 Å². The Morgan fingerprint density at radius 1 is 1.00 bits per heavy atom. The zero-order valence-corrected chi connectivity index (χ0v) is 19.5. The molecule has 0 bridgehead atoms. The van der Waals surface area contributed by atoms with Crippen LogP contribution in [0, 0.1) is 13.8 Å². The summed E-state index contributed by atoms with van der Waals surface area (Å²) in [6.07, 6.45) is 1.62. The lowest BCUT2D eigenvalue weighted by molar-refractivity contribution is 0.0952. The molecule has 0 aliphatic heterocycles. The van der Waals surface area contributed by atoms with Crippen LogP contribution in [0.2, 0.25) is 0 Å². The van der Waals surface area contributed by atoms with Gasteiger partial charge in [0.05, 0.1) is 33.6 Å². The smallest absolute Gasteiger partial charge is 0.271 e. The molecule has 2 amide bonds. The summed E-state index contributed by atoms with van der Waals surface area (Å²) in [6, 6.07) is 0. The number of rotatable bonds is 7. The van der Waals surface area contributed by atoms with Crippen molar-refractivity contribution in [1.29, 1.82) is 0 Å². The number of amides is 2. The molecule has 3 rings (SSSR count). The van der Waals surface area contributed by atoms with Crippen molar-refractivity contribution in [2.45, 2.75) is 47.1 Å². The molecule has 0 atom stereocenters. The second-order valence-corrected chi connectivity index (χ2v) is 9.42. The average molecular weight is 450 g/mol. The molecule has 3 heterocycles. The molecule has 7 nitrogen and oxygen atoms in total. The van der Waals surface area contributed by atoms with Gasteiger partial charge in [-0.3, -0.25) is 14.5 Å². The quantitative estimate of drug-likeness (QED) is 0.589. The monoisotopic (exact) mass is 449 g/mol. The van der Waals surface area contributed by atoms with Crippen molar-refractivity contribution in [3.63, 3.8) is 0 Å². The molecule has 3 aromatic heterocycles. The van der Waals surface area contributed by atoms with Crippen LogP contribution in [0.1, 0.15) is 60.3 Å². The van der Waals surface area contributed by atoms with Gasteiger partial charge in [-0.2, -0.15) is 0 Å². The molecule has 0 unspecified atom stereocenters. The van der Waals surface area contributed by atoms with Crippen LogP contribution >= 0.6 is 34.0 Å². The Hall–Kier alpha value is -2.17. The Labute approximate surface area is 181 Å². The van der Waals surface area contributed by atoms with Crippen molar-refractivity contribution in [1.82, 2.24) is 20.3 Å². The van der Waals surface area contributed by atoms with E-state index in [1.807, 2.05) is 33.1 Å². The Morgan fingerprint density at radius 2 is 1.59 bits per heavy atom. The highest BCUT2D eigenvalue weighted by Gasteiger charge is 2.22. The summed E-state index contributed by atoms with van der Waals surface area (Å²) in [5.41, 5.74) is 2.21. The maximum absolute atomic E-state index is 12.8. The minimum absolute atomic E-state index is 0.114. The van der Waals surface area contributed by atoms with E-state index in [4.69, 9.17) is 0 Å². The molecule has 0 saturated heterocycles. The van der Waals surface area contributed by atoms with E-state index < -0.39 is 0 Å². The summed E-state index contributed by atoms with van der Waals surface area (Å²) in [5, 5.41) is 7.24. The summed E-state index contributed by atoms with van der Waals surface area (Å²) in [7, 11) is 1.71. The number of anilines is 1. The van der Waals surface area contributed by atoms with Gasteiger partial charge in [-0.15, -0.1) is 34.0 Å². The fourth-order valence-electron chi connectivity index (χ4n) is 2.64. The van der Waals surface area contributed by atoms with E-state index in [1.54, 1.807) is 7.05 Å². The molecule has 3 aromatic rings. The maximum Gasteiger partial charge on any atom is 0.271 e. The molecule has 0 saturated carbocycles. The van der Waals surface area contributed by atoms with Crippen LogP contribution in [0.3, 0.4) is 0 Å². The molecule has 1 N–H and O–H groups in total. The highest BCUT2D eigenvalue weighted by molar-refractivity contribution is 7.15. The molecule has 0 aliphatic rings. The Morgan fingerprint density at radius 3 is 2.17 bits per heavy atom. The van der Waals surface area contributed by atoms with Crippen LogP contribution in [0.4, 0.5) is 5.13 Å². The average Bonchev–Trinajstić information content (AvgIpc) is 3.43. The molecular formula is C19H23N5O2S3. The van der Waals surface area contributed by atoms with Crippen molar-refractivity contribution in [2.75, 3.05) is 11.9 Å². The SMILES string of the molecule is CCc1nc(C)c(C(=O)NCc2csc(N(C)C(=O)c3sc(CC)nc3C)n2)s1. The summed E-state index contributed by atoms with van der Waals surface area (Å²) in [4.78, 5) is 41.4. The Balaban J connectivity index is 1.65. The van der Waals surface area contributed by atoms with Crippen LogP contribution in [0.5, 0.6) is 0 Å².